The second-order valence-corrected chi connectivity index (χ2v) is 5.35. The van der Waals surface area contributed by atoms with Crippen LogP contribution in [-0.2, 0) is 6.42 Å². The minimum atomic E-state index is -2.53. The molecule has 2 aliphatic rings. The number of benzene rings is 1. The molecule has 0 aromatic heterocycles. The Balaban J connectivity index is 1.78. The van der Waals surface area contributed by atoms with Gasteiger partial charge in [-0.05, 0) is 29.5 Å². The number of nitrogens with two attached hydrogens (primary N) is 1. The van der Waals surface area contributed by atoms with E-state index < -0.39 is 5.92 Å². The van der Waals surface area contributed by atoms with Crippen LogP contribution in [0.1, 0.15) is 36.4 Å². The highest BCUT2D eigenvalue weighted by Crippen LogP contribution is 2.44. The lowest BCUT2D eigenvalue weighted by Gasteiger charge is -2.20. The maximum Gasteiger partial charge on any atom is 0.248 e. The summed E-state index contributed by atoms with van der Waals surface area (Å²) < 4.78 is 31.9. The molecule has 1 heterocycles. The molecule has 0 spiro atoms. The average Bonchev–Trinajstić information content (AvgIpc) is 2.93. The summed E-state index contributed by atoms with van der Waals surface area (Å²) in [6.07, 6.45) is 1.29. The minimum absolute atomic E-state index is 0.0284. The highest BCUT2D eigenvalue weighted by Gasteiger charge is 2.42. The van der Waals surface area contributed by atoms with E-state index in [1.165, 1.54) is 0 Å². The van der Waals surface area contributed by atoms with Gasteiger partial charge in [0.05, 0.1) is 6.61 Å². The van der Waals surface area contributed by atoms with Gasteiger partial charge in [-0.25, -0.2) is 8.78 Å². The van der Waals surface area contributed by atoms with Crippen LogP contribution in [0.3, 0.4) is 0 Å². The van der Waals surface area contributed by atoms with E-state index in [-0.39, 0.29) is 24.8 Å². The molecule has 2 atom stereocenters. The van der Waals surface area contributed by atoms with Crippen LogP contribution < -0.4 is 10.5 Å². The van der Waals surface area contributed by atoms with Gasteiger partial charge in [0.15, 0.2) is 0 Å². The third-order valence-corrected chi connectivity index (χ3v) is 4.05. The molecule has 2 nitrogen and oxygen atoms in total. The van der Waals surface area contributed by atoms with E-state index >= 15 is 0 Å². The maximum atomic E-state index is 13.2. The number of alkyl halides is 2. The first-order valence-corrected chi connectivity index (χ1v) is 6.44. The van der Waals surface area contributed by atoms with Crippen molar-refractivity contribution < 1.29 is 13.5 Å². The fourth-order valence-electron chi connectivity index (χ4n) is 2.98. The Bertz CT molecular complexity index is 461. The van der Waals surface area contributed by atoms with Crippen LogP contribution in [0.2, 0.25) is 0 Å². The lowest BCUT2D eigenvalue weighted by molar-refractivity contribution is 0.00390. The van der Waals surface area contributed by atoms with Crippen LogP contribution in [0.4, 0.5) is 8.78 Å². The Kier molecular flexibility index (Phi) is 2.77. The van der Waals surface area contributed by atoms with Crippen molar-refractivity contribution in [3.05, 3.63) is 29.3 Å². The zero-order valence-electron chi connectivity index (χ0n) is 10.2. The van der Waals surface area contributed by atoms with Gasteiger partial charge in [0.1, 0.15) is 5.75 Å². The predicted molar refractivity (Wildman–Crippen MR) is 64.9 cm³/mol. The van der Waals surface area contributed by atoms with Gasteiger partial charge in [-0.1, -0.05) is 12.1 Å². The van der Waals surface area contributed by atoms with E-state index in [0.717, 1.165) is 23.3 Å². The molecule has 1 aromatic carbocycles. The van der Waals surface area contributed by atoms with Gasteiger partial charge >= 0.3 is 0 Å². The summed E-state index contributed by atoms with van der Waals surface area (Å²) in [5.74, 6) is -1.73. The quantitative estimate of drug-likeness (QED) is 0.879. The Morgan fingerprint density at radius 3 is 2.94 bits per heavy atom. The molecule has 4 heteroatoms. The first-order chi connectivity index (χ1) is 8.55. The molecular weight excluding hydrogens is 236 g/mol. The standard InChI is InChI=1S/C14H17F2NO/c15-14(16)5-3-11(8-14)13(17)10-1-2-12-9(7-10)4-6-18-12/h1-2,7,11,13H,3-6,8,17H2. The predicted octanol–water partition coefficient (Wildman–Crippen LogP) is 3.06. The summed E-state index contributed by atoms with van der Waals surface area (Å²) in [6, 6.07) is 5.54. The van der Waals surface area contributed by atoms with Crippen molar-refractivity contribution in [1.82, 2.24) is 0 Å². The Morgan fingerprint density at radius 1 is 1.39 bits per heavy atom. The Morgan fingerprint density at radius 2 is 2.22 bits per heavy atom. The highest BCUT2D eigenvalue weighted by molar-refractivity contribution is 5.40. The molecular formula is C14H17F2NO. The van der Waals surface area contributed by atoms with E-state index in [1.807, 2.05) is 18.2 Å². The van der Waals surface area contributed by atoms with Crippen molar-refractivity contribution in [3.63, 3.8) is 0 Å². The normalized spacial score (nSPS) is 26.7. The van der Waals surface area contributed by atoms with Crippen molar-refractivity contribution in [1.29, 1.82) is 0 Å². The molecule has 0 bridgehead atoms. The summed E-state index contributed by atoms with van der Waals surface area (Å²) in [7, 11) is 0. The summed E-state index contributed by atoms with van der Waals surface area (Å²) in [6.45, 7) is 0.704. The molecule has 98 valence electrons. The molecule has 1 aliphatic heterocycles. The van der Waals surface area contributed by atoms with Gasteiger partial charge in [-0.3, -0.25) is 0 Å². The molecule has 2 N–H and O–H groups in total. The Hall–Kier alpha value is -1.16. The molecule has 1 aromatic rings. The number of hydrogen-bond donors (Lipinski definition) is 1. The molecule has 0 radical (unpaired) electrons. The molecule has 3 rings (SSSR count). The first-order valence-electron chi connectivity index (χ1n) is 6.44. The third-order valence-electron chi connectivity index (χ3n) is 4.05. The summed E-state index contributed by atoms with van der Waals surface area (Å²) in [5, 5.41) is 0. The summed E-state index contributed by atoms with van der Waals surface area (Å²) in [5.41, 5.74) is 8.25. The van der Waals surface area contributed by atoms with E-state index in [4.69, 9.17) is 10.5 Å². The minimum Gasteiger partial charge on any atom is -0.493 e. The molecule has 0 amide bonds. The van der Waals surface area contributed by atoms with Crippen LogP contribution in [0.5, 0.6) is 5.75 Å². The molecule has 18 heavy (non-hydrogen) atoms. The fraction of sp³-hybridized carbons (Fsp3) is 0.571. The summed E-state index contributed by atoms with van der Waals surface area (Å²) in [4.78, 5) is 0. The second-order valence-electron chi connectivity index (χ2n) is 5.35. The van der Waals surface area contributed by atoms with Gasteiger partial charge in [-0.2, -0.15) is 0 Å². The van der Waals surface area contributed by atoms with Crippen LogP contribution in [0, 0.1) is 5.92 Å². The van der Waals surface area contributed by atoms with Gasteiger partial charge in [-0.15, -0.1) is 0 Å². The van der Waals surface area contributed by atoms with Crippen molar-refractivity contribution in [3.8, 4) is 5.75 Å². The van der Waals surface area contributed by atoms with E-state index in [9.17, 15) is 8.78 Å². The first kappa shape index (κ1) is 11.9. The zero-order valence-corrected chi connectivity index (χ0v) is 10.2. The van der Waals surface area contributed by atoms with Gasteiger partial charge in [0.2, 0.25) is 5.92 Å². The van der Waals surface area contributed by atoms with Crippen LogP contribution in [-0.4, -0.2) is 12.5 Å². The van der Waals surface area contributed by atoms with Crippen molar-refractivity contribution in [2.45, 2.75) is 37.6 Å². The molecule has 1 saturated carbocycles. The Labute approximate surface area is 105 Å². The number of hydrogen-bond acceptors (Lipinski definition) is 2. The van der Waals surface area contributed by atoms with Gasteiger partial charge in [0.25, 0.3) is 0 Å². The molecule has 0 saturated heterocycles. The number of ether oxygens (including phenoxy) is 1. The van der Waals surface area contributed by atoms with Crippen LogP contribution in [0.15, 0.2) is 18.2 Å². The van der Waals surface area contributed by atoms with Crippen LogP contribution >= 0.6 is 0 Å². The van der Waals surface area contributed by atoms with E-state index in [0.29, 0.717) is 13.0 Å². The van der Waals surface area contributed by atoms with Gasteiger partial charge < -0.3 is 10.5 Å². The second kappa shape index (κ2) is 4.19. The fourth-order valence-corrected chi connectivity index (χ4v) is 2.98. The van der Waals surface area contributed by atoms with E-state index in [2.05, 4.69) is 0 Å². The number of rotatable bonds is 2. The van der Waals surface area contributed by atoms with Gasteiger partial charge in [0, 0.05) is 25.3 Å². The number of halogens is 2. The maximum absolute atomic E-state index is 13.2. The van der Waals surface area contributed by atoms with Crippen molar-refractivity contribution in [2.75, 3.05) is 6.61 Å². The largest absolute Gasteiger partial charge is 0.493 e. The molecule has 1 aliphatic carbocycles. The number of fused-ring (bicyclic) bond motifs is 1. The van der Waals surface area contributed by atoms with Crippen LogP contribution in [0.25, 0.3) is 0 Å². The lowest BCUT2D eigenvalue weighted by Crippen LogP contribution is -2.21. The topological polar surface area (TPSA) is 35.2 Å². The van der Waals surface area contributed by atoms with Crippen molar-refractivity contribution >= 4 is 0 Å². The van der Waals surface area contributed by atoms with E-state index in [1.54, 1.807) is 0 Å². The smallest absolute Gasteiger partial charge is 0.248 e. The average molecular weight is 253 g/mol. The lowest BCUT2D eigenvalue weighted by atomic mass is 9.91. The monoisotopic (exact) mass is 253 g/mol. The summed E-state index contributed by atoms with van der Waals surface area (Å²) >= 11 is 0. The third kappa shape index (κ3) is 2.09. The SMILES string of the molecule is NC(c1ccc2c(c1)CCO2)C1CCC(F)(F)C1. The molecule has 2 unspecified atom stereocenters. The highest BCUT2D eigenvalue weighted by atomic mass is 19.3. The zero-order chi connectivity index (χ0) is 12.8. The van der Waals surface area contributed by atoms with Crippen molar-refractivity contribution in [2.24, 2.45) is 11.7 Å². The molecule has 1 fully saturated rings.